The van der Waals surface area contributed by atoms with Crippen molar-refractivity contribution in [1.29, 1.82) is 0 Å². The predicted molar refractivity (Wildman–Crippen MR) is 83.4 cm³/mol. The molecule has 1 aliphatic rings. The second-order valence-electron chi connectivity index (χ2n) is 6.21. The Labute approximate surface area is 118 Å². The van der Waals surface area contributed by atoms with Gasteiger partial charge in [0.05, 0.1) is 0 Å². The third-order valence-corrected chi connectivity index (χ3v) is 4.80. The van der Waals surface area contributed by atoms with E-state index in [-0.39, 0.29) is 0 Å². The minimum atomic E-state index is 0.710. The average molecular weight is 259 g/mol. The van der Waals surface area contributed by atoms with Crippen molar-refractivity contribution < 1.29 is 0 Å². The highest BCUT2D eigenvalue weighted by molar-refractivity contribution is 5.29. The zero-order chi connectivity index (χ0) is 13.7. The lowest BCUT2D eigenvalue weighted by atomic mass is 9.83. The number of nitrogens with one attached hydrogen (secondary N) is 1. The van der Waals surface area contributed by atoms with Crippen LogP contribution in [-0.2, 0) is 6.54 Å². The molecule has 2 rings (SSSR count). The van der Waals surface area contributed by atoms with Crippen molar-refractivity contribution in [2.75, 3.05) is 0 Å². The van der Waals surface area contributed by atoms with Crippen molar-refractivity contribution in [3.05, 3.63) is 34.9 Å². The standard InChI is InChI=1S/C18H29N/c1-4-18(17-8-6-5-7-9-17)19-13-16-11-10-14(2)15(3)12-16/h10-12,17-19H,4-9,13H2,1-3H3. The van der Waals surface area contributed by atoms with E-state index in [1.165, 1.54) is 55.2 Å². The Bertz CT molecular complexity index is 391. The van der Waals surface area contributed by atoms with E-state index in [9.17, 15) is 0 Å². The molecule has 0 aliphatic heterocycles. The number of hydrogen-bond donors (Lipinski definition) is 1. The van der Waals surface area contributed by atoms with Gasteiger partial charge in [0.15, 0.2) is 0 Å². The first-order valence-corrected chi connectivity index (χ1v) is 8.00. The van der Waals surface area contributed by atoms with E-state index >= 15 is 0 Å². The fraction of sp³-hybridized carbons (Fsp3) is 0.667. The highest BCUT2D eigenvalue weighted by Crippen LogP contribution is 2.27. The molecule has 0 aromatic heterocycles. The van der Waals surface area contributed by atoms with Gasteiger partial charge >= 0.3 is 0 Å². The van der Waals surface area contributed by atoms with Crippen LogP contribution in [0.15, 0.2) is 18.2 Å². The SMILES string of the molecule is CCC(NCc1ccc(C)c(C)c1)C1CCCCC1. The van der Waals surface area contributed by atoms with Crippen molar-refractivity contribution in [2.24, 2.45) is 5.92 Å². The van der Waals surface area contributed by atoms with Gasteiger partial charge in [-0.3, -0.25) is 0 Å². The zero-order valence-corrected chi connectivity index (χ0v) is 12.8. The minimum absolute atomic E-state index is 0.710. The van der Waals surface area contributed by atoms with Gasteiger partial charge in [0, 0.05) is 12.6 Å². The third kappa shape index (κ3) is 4.07. The van der Waals surface area contributed by atoms with Gasteiger partial charge in [-0.2, -0.15) is 0 Å². The lowest BCUT2D eigenvalue weighted by molar-refractivity contribution is 0.261. The Kier molecular flexibility index (Phi) is 5.45. The maximum Gasteiger partial charge on any atom is 0.0208 e. The van der Waals surface area contributed by atoms with Crippen molar-refractivity contribution in [3.63, 3.8) is 0 Å². The van der Waals surface area contributed by atoms with Crippen LogP contribution in [0, 0.1) is 19.8 Å². The predicted octanol–water partition coefficient (Wildman–Crippen LogP) is 4.75. The molecule has 1 unspecified atom stereocenters. The lowest BCUT2D eigenvalue weighted by Crippen LogP contribution is -2.36. The number of rotatable bonds is 5. The number of hydrogen-bond acceptors (Lipinski definition) is 1. The van der Waals surface area contributed by atoms with Crippen LogP contribution in [0.1, 0.15) is 62.1 Å². The molecule has 1 aromatic rings. The van der Waals surface area contributed by atoms with E-state index in [4.69, 9.17) is 0 Å². The largest absolute Gasteiger partial charge is 0.310 e. The van der Waals surface area contributed by atoms with Crippen molar-refractivity contribution >= 4 is 0 Å². The summed E-state index contributed by atoms with van der Waals surface area (Å²) in [5.41, 5.74) is 4.23. The smallest absolute Gasteiger partial charge is 0.0208 e. The van der Waals surface area contributed by atoms with Gasteiger partial charge in [-0.15, -0.1) is 0 Å². The normalized spacial score (nSPS) is 18.5. The molecule has 1 saturated carbocycles. The summed E-state index contributed by atoms with van der Waals surface area (Å²) >= 11 is 0. The van der Waals surface area contributed by atoms with E-state index < -0.39 is 0 Å². The quantitative estimate of drug-likeness (QED) is 0.804. The monoisotopic (exact) mass is 259 g/mol. The molecule has 0 saturated heterocycles. The second kappa shape index (κ2) is 7.09. The summed E-state index contributed by atoms with van der Waals surface area (Å²) in [6.07, 6.45) is 8.44. The Morgan fingerprint density at radius 1 is 1.11 bits per heavy atom. The van der Waals surface area contributed by atoms with Crippen LogP contribution in [0.25, 0.3) is 0 Å². The maximum absolute atomic E-state index is 3.80. The molecule has 1 N–H and O–H groups in total. The molecule has 0 amide bonds. The van der Waals surface area contributed by atoms with Gasteiger partial charge in [-0.05, 0) is 55.7 Å². The Morgan fingerprint density at radius 3 is 2.47 bits per heavy atom. The summed E-state index contributed by atoms with van der Waals surface area (Å²) in [7, 11) is 0. The lowest BCUT2D eigenvalue weighted by Gasteiger charge is -2.30. The summed E-state index contributed by atoms with van der Waals surface area (Å²) in [4.78, 5) is 0. The van der Waals surface area contributed by atoms with Crippen LogP contribution < -0.4 is 5.32 Å². The van der Waals surface area contributed by atoms with Crippen LogP contribution in [0.5, 0.6) is 0 Å². The van der Waals surface area contributed by atoms with Crippen molar-refractivity contribution in [3.8, 4) is 0 Å². The van der Waals surface area contributed by atoms with Crippen LogP contribution in [-0.4, -0.2) is 6.04 Å². The van der Waals surface area contributed by atoms with Crippen LogP contribution >= 0.6 is 0 Å². The Hall–Kier alpha value is -0.820. The van der Waals surface area contributed by atoms with E-state index in [0.717, 1.165) is 12.5 Å². The van der Waals surface area contributed by atoms with E-state index in [2.05, 4.69) is 44.3 Å². The van der Waals surface area contributed by atoms with E-state index in [1.807, 2.05) is 0 Å². The molecule has 1 aliphatic carbocycles. The minimum Gasteiger partial charge on any atom is -0.310 e. The molecule has 0 heterocycles. The molecule has 0 spiro atoms. The van der Waals surface area contributed by atoms with Crippen LogP contribution in [0.3, 0.4) is 0 Å². The van der Waals surface area contributed by atoms with Crippen LogP contribution in [0.2, 0.25) is 0 Å². The van der Waals surface area contributed by atoms with E-state index in [0.29, 0.717) is 6.04 Å². The van der Waals surface area contributed by atoms with Gasteiger partial charge < -0.3 is 5.32 Å². The molecular weight excluding hydrogens is 230 g/mol. The Balaban J connectivity index is 1.89. The van der Waals surface area contributed by atoms with Crippen molar-refractivity contribution in [1.82, 2.24) is 5.32 Å². The summed E-state index contributed by atoms with van der Waals surface area (Å²) in [5.74, 6) is 0.908. The first-order valence-electron chi connectivity index (χ1n) is 8.00. The molecule has 0 bridgehead atoms. The topological polar surface area (TPSA) is 12.0 Å². The fourth-order valence-electron chi connectivity index (χ4n) is 3.34. The molecular formula is C18H29N. The second-order valence-corrected chi connectivity index (χ2v) is 6.21. The molecule has 1 aromatic carbocycles. The van der Waals surface area contributed by atoms with Crippen molar-refractivity contribution in [2.45, 2.75) is 71.9 Å². The summed E-state index contributed by atoms with van der Waals surface area (Å²) in [6.45, 7) is 7.74. The first kappa shape index (κ1) is 14.6. The molecule has 106 valence electrons. The fourth-order valence-corrected chi connectivity index (χ4v) is 3.34. The zero-order valence-electron chi connectivity index (χ0n) is 12.8. The highest BCUT2D eigenvalue weighted by atomic mass is 14.9. The van der Waals surface area contributed by atoms with Gasteiger partial charge in [0.1, 0.15) is 0 Å². The van der Waals surface area contributed by atoms with E-state index in [1.54, 1.807) is 0 Å². The van der Waals surface area contributed by atoms with Crippen LogP contribution in [0.4, 0.5) is 0 Å². The number of aryl methyl sites for hydroxylation is 2. The Morgan fingerprint density at radius 2 is 1.84 bits per heavy atom. The van der Waals surface area contributed by atoms with Gasteiger partial charge in [-0.25, -0.2) is 0 Å². The van der Waals surface area contributed by atoms with Gasteiger partial charge in [0.25, 0.3) is 0 Å². The number of benzene rings is 1. The molecule has 0 radical (unpaired) electrons. The summed E-state index contributed by atoms with van der Waals surface area (Å²) < 4.78 is 0. The third-order valence-electron chi connectivity index (χ3n) is 4.80. The molecule has 1 atom stereocenters. The molecule has 19 heavy (non-hydrogen) atoms. The molecule has 1 nitrogen and oxygen atoms in total. The first-order chi connectivity index (χ1) is 9.20. The summed E-state index contributed by atoms with van der Waals surface area (Å²) in [5, 5.41) is 3.80. The van der Waals surface area contributed by atoms with Gasteiger partial charge in [-0.1, -0.05) is 44.4 Å². The molecule has 1 fully saturated rings. The highest BCUT2D eigenvalue weighted by Gasteiger charge is 2.21. The summed E-state index contributed by atoms with van der Waals surface area (Å²) in [6, 6.07) is 7.55. The molecule has 1 heteroatoms. The maximum atomic E-state index is 3.80. The average Bonchev–Trinajstić information content (AvgIpc) is 2.44. The van der Waals surface area contributed by atoms with Gasteiger partial charge in [0.2, 0.25) is 0 Å².